The average molecular weight is 246 g/mol. The van der Waals surface area contributed by atoms with Crippen molar-refractivity contribution in [1.82, 2.24) is 4.98 Å². The number of nitrogens with two attached hydrogens (primary N) is 1. The van der Waals surface area contributed by atoms with Crippen molar-refractivity contribution in [1.29, 1.82) is 0 Å². The fraction of sp³-hybridized carbons (Fsp3) is 0.231. The monoisotopic (exact) mass is 246 g/mol. The molecule has 5 heteroatoms. The third-order valence-corrected chi connectivity index (χ3v) is 2.63. The number of aromatic amines is 1. The summed E-state index contributed by atoms with van der Waals surface area (Å²) in [4.78, 5) is 24.5. The van der Waals surface area contributed by atoms with Gasteiger partial charge >= 0.3 is 5.97 Å². The van der Waals surface area contributed by atoms with E-state index in [-0.39, 0.29) is 5.97 Å². The molecule has 1 aromatic carbocycles. The normalized spacial score (nSPS) is 12.3. The maximum Gasteiger partial charge on any atom is 0.308 e. The number of hydrogen-bond acceptors (Lipinski definition) is 4. The number of aldehydes is 1. The molecule has 2 rings (SSSR count). The van der Waals surface area contributed by atoms with Gasteiger partial charge in [-0.1, -0.05) is 0 Å². The number of fused-ring (bicyclic) bond motifs is 1. The second kappa shape index (κ2) is 5.01. The van der Waals surface area contributed by atoms with Gasteiger partial charge in [0, 0.05) is 30.1 Å². The molecule has 1 heterocycles. The largest absolute Gasteiger partial charge is 0.427 e. The first kappa shape index (κ1) is 12.3. The summed E-state index contributed by atoms with van der Waals surface area (Å²) in [5, 5.41) is 0.975. The van der Waals surface area contributed by atoms with E-state index in [0.717, 1.165) is 22.8 Å². The van der Waals surface area contributed by atoms with Crippen LogP contribution in [0.3, 0.4) is 0 Å². The van der Waals surface area contributed by atoms with Crippen molar-refractivity contribution in [3.8, 4) is 5.75 Å². The molecule has 5 nitrogen and oxygen atoms in total. The molecule has 1 atom stereocenters. The van der Waals surface area contributed by atoms with Gasteiger partial charge in [0.25, 0.3) is 0 Å². The first-order valence-corrected chi connectivity index (χ1v) is 5.59. The Labute approximate surface area is 104 Å². The van der Waals surface area contributed by atoms with Gasteiger partial charge in [-0.05, 0) is 24.1 Å². The van der Waals surface area contributed by atoms with Gasteiger partial charge in [0.15, 0.2) is 0 Å². The van der Waals surface area contributed by atoms with E-state index in [1.54, 1.807) is 12.1 Å². The van der Waals surface area contributed by atoms with Gasteiger partial charge in [-0.3, -0.25) is 4.79 Å². The highest BCUT2D eigenvalue weighted by Gasteiger charge is 2.09. The molecular weight excluding hydrogens is 232 g/mol. The van der Waals surface area contributed by atoms with Crippen LogP contribution in [0.5, 0.6) is 5.75 Å². The van der Waals surface area contributed by atoms with Crippen LogP contribution in [0, 0.1) is 0 Å². The minimum absolute atomic E-state index is 0.357. The highest BCUT2D eigenvalue weighted by atomic mass is 16.5. The third-order valence-electron chi connectivity index (χ3n) is 2.63. The number of H-pyrrole nitrogens is 1. The van der Waals surface area contributed by atoms with E-state index in [4.69, 9.17) is 10.5 Å². The van der Waals surface area contributed by atoms with Crippen LogP contribution in [0.2, 0.25) is 0 Å². The van der Waals surface area contributed by atoms with E-state index < -0.39 is 6.04 Å². The van der Waals surface area contributed by atoms with E-state index in [9.17, 15) is 9.59 Å². The van der Waals surface area contributed by atoms with Crippen LogP contribution in [0.25, 0.3) is 10.9 Å². The molecule has 0 saturated heterocycles. The number of esters is 1. The predicted molar refractivity (Wildman–Crippen MR) is 67.4 cm³/mol. The summed E-state index contributed by atoms with van der Waals surface area (Å²) in [6, 6.07) is 4.80. The smallest absolute Gasteiger partial charge is 0.308 e. The molecule has 3 N–H and O–H groups in total. The van der Waals surface area contributed by atoms with Gasteiger partial charge in [0.05, 0.1) is 6.04 Å². The zero-order chi connectivity index (χ0) is 13.1. The molecule has 94 valence electrons. The molecule has 0 radical (unpaired) electrons. The molecule has 0 saturated carbocycles. The molecule has 0 bridgehead atoms. The Morgan fingerprint density at radius 2 is 2.33 bits per heavy atom. The summed E-state index contributed by atoms with van der Waals surface area (Å²) >= 11 is 0. The molecule has 1 aromatic heterocycles. The quantitative estimate of drug-likeness (QED) is 0.481. The Hall–Kier alpha value is -2.14. The zero-order valence-corrected chi connectivity index (χ0v) is 9.97. The van der Waals surface area contributed by atoms with Crippen LogP contribution in [-0.2, 0) is 16.0 Å². The fourth-order valence-corrected chi connectivity index (χ4v) is 1.87. The van der Waals surface area contributed by atoms with Crippen LogP contribution in [0.15, 0.2) is 24.4 Å². The van der Waals surface area contributed by atoms with Gasteiger partial charge in [-0.25, -0.2) is 0 Å². The number of carbonyl (C=O) groups excluding carboxylic acids is 2. The summed E-state index contributed by atoms with van der Waals surface area (Å²) in [5.74, 6) is 0.132. The summed E-state index contributed by atoms with van der Waals surface area (Å²) in [6.45, 7) is 1.35. The molecule has 0 spiro atoms. The fourth-order valence-electron chi connectivity index (χ4n) is 1.87. The van der Waals surface area contributed by atoms with Crippen molar-refractivity contribution < 1.29 is 14.3 Å². The van der Waals surface area contributed by atoms with E-state index in [2.05, 4.69) is 4.98 Å². The van der Waals surface area contributed by atoms with E-state index in [1.807, 2.05) is 12.3 Å². The zero-order valence-electron chi connectivity index (χ0n) is 9.97. The Balaban J connectivity index is 2.31. The highest BCUT2D eigenvalue weighted by molar-refractivity contribution is 5.85. The van der Waals surface area contributed by atoms with E-state index >= 15 is 0 Å². The maximum absolute atomic E-state index is 10.9. The molecule has 18 heavy (non-hydrogen) atoms. The standard InChI is InChI=1S/C13H14N2O3/c1-8(17)18-11-2-3-12-9(4-10(14)7-16)6-15-13(12)5-11/h2-3,5-7,10,15H,4,14H2,1H3/t10-/m0/s1. The van der Waals surface area contributed by atoms with E-state index in [1.165, 1.54) is 6.92 Å². The lowest BCUT2D eigenvalue weighted by atomic mass is 10.1. The van der Waals surface area contributed by atoms with Crippen LogP contribution in [0.1, 0.15) is 12.5 Å². The lowest BCUT2D eigenvalue weighted by molar-refractivity contribution is -0.131. The Morgan fingerprint density at radius 1 is 1.56 bits per heavy atom. The number of carbonyl (C=O) groups is 2. The van der Waals surface area contributed by atoms with Crippen LogP contribution in [-0.4, -0.2) is 23.3 Å². The second-order valence-electron chi connectivity index (χ2n) is 4.12. The number of ether oxygens (including phenoxy) is 1. The Morgan fingerprint density at radius 3 is 3.00 bits per heavy atom. The Bertz CT molecular complexity index is 589. The van der Waals surface area contributed by atoms with Crippen molar-refractivity contribution in [2.24, 2.45) is 5.73 Å². The summed E-state index contributed by atoms with van der Waals surface area (Å²) in [7, 11) is 0. The van der Waals surface area contributed by atoms with Gasteiger partial charge < -0.3 is 20.2 Å². The summed E-state index contributed by atoms with van der Waals surface area (Å²) < 4.78 is 4.99. The molecule has 0 aliphatic heterocycles. The van der Waals surface area contributed by atoms with Gasteiger partial charge in [-0.2, -0.15) is 0 Å². The lowest BCUT2D eigenvalue weighted by Gasteiger charge is -2.03. The average Bonchev–Trinajstić information content (AvgIpc) is 2.71. The first-order chi connectivity index (χ1) is 8.60. The van der Waals surface area contributed by atoms with Gasteiger partial charge in [0.1, 0.15) is 12.0 Å². The number of nitrogens with one attached hydrogen (secondary N) is 1. The third kappa shape index (κ3) is 2.57. The molecule has 0 fully saturated rings. The molecule has 2 aromatic rings. The minimum atomic E-state index is -0.503. The summed E-state index contributed by atoms with van der Waals surface area (Å²) in [6.07, 6.45) is 3.02. The van der Waals surface area contributed by atoms with Gasteiger partial charge in [0.2, 0.25) is 0 Å². The molecule has 0 amide bonds. The number of benzene rings is 1. The van der Waals surface area contributed by atoms with Crippen molar-refractivity contribution in [3.63, 3.8) is 0 Å². The minimum Gasteiger partial charge on any atom is -0.427 e. The Kier molecular flexibility index (Phi) is 3.43. The molecule has 0 unspecified atom stereocenters. The SMILES string of the molecule is CC(=O)Oc1ccc2c(C[C@H](N)C=O)c[nH]c2c1. The first-order valence-electron chi connectivity index (χ1n) is 5.59. The van der Waals surface area contributed by atoms with Crippen molar-refractivity contribution in [2.45, 2.75) is 19.4 Å². The predicted octanol–water partition coefficient (Wildman–Crippen LogP) is 1.16. The lowest BCUT2D eigenvalue weighted by Crippen LogP contribution is -2.23. The molecule has 0 aliphatic carbocycles. The van der Waals surface area contributed by atoms with E-state index in [0.29, 0.717) is 12.2 Å². The number of rotatable bonds is 4. The number of hydrogen-bond donors (Lipinski definition) is 2. The topological polar surface area (TPSA) is 85.2 Å². The van der Waals surface area contributed by atoms with Crippen LogP contribution in [0.4, 0.5) is 0 Å². The van der Waals surface area contributed by atoms with Crippen molar-refractivity contribution >= 4 is 23.2 Å². The highest BCUT2D eigenvalue weighted by Crippen LogP contribution is 2.24. The number of aromatic nitrogens is 1. The molecular formula is C13H14N2O3. The second-order valence-corrected chi connectivity index (χ2v) is 4.12. The van der Waals surface area contributed by atoms with Gasteiger partial charge in [-0.15, -0.1) is 0 Å². The maximum atomic E-state index is 10.9. The van der Waals surface area contributed by atoms with Crippen molar-refractivity contribution in [3.05, 3.63) is 30.0 Å². The van der Waals surface area contributed by atoms with Crippen LogP contribution < -0.4 is 10.5 Å². The van der Waals surface area contributed by atoms with Crippen LogP contribution >= 0.6 is 0 Å². The van der Waals surface area contributed by atoms with Crippen molar-refractivity contribution in [2.75, 3.05) is 0 Å². The summed E-state index contributed by atoms with van der Waals surface area (Å²) in [5.41, 5.74) is 7.42. The molecule has 0 aliphatic rings.